The number of ether oxygens (including phenoxy) is 4. The van der Waals surface area contributed by atoms with E-state index in [2.05, 4.69) is 104 Å². The average Bonchev–Trinajstić information content (AvgIpc) is 1.64. The predicted molar refractivity (Wildman–Crippen MR) is 424 cm³/mol. The van der Waals surface area contributed by atoms with Gasteiger partial charge in [0.2, 0.25) is 17.7 Å². The van der Waals surface area contributed by atoms with E-state index in [1.54, 1.807) is 0 Å². The van der Waals surface area contributed by atoms with Crippen molar-refractivity contribution in [2.75, 3.05) is 26.2 Å². The molecule has 0 saturated carbocycles. The molecule has 0 radical (unpaired) electrons. The monoisotopic (exact) mass is 1610 g/mol. The molecule has 8 heterocycles. The number of H-pyrrole nitrogens is 4. The summed E-state index contributed by atoms with van der Waals surface area (Å²) in [5, 5.41) is 7.32. The Hall–Kier alpha value is -6.19. The van der Waals surface area contributed by atoms with E-state index in [1.807, 2.05) is 102 Å². The molecule has 109 heavy (non-hydrogen) atoms. The van der Waals surface area contributed by atoms with Crippen molar-refractivity contribution in [2.45, 2.75) is 294 Å². The minimum absolute atomic E-state index is 0.0726. The number of nitrogens with two attached hydrogens (primary N) is 1. The number of aromatic amines is 4. The maximum absolute atomic E-state index is 15.4. The molecule has 4 aromatic rings. The number of carbonyl (C=O) groups excluding carboxylic acids is 3. The van der Waals surface area contributed by atoms with E-state index in [1.165, 1.54) is 61.3 Å². The topological polar surface area (TPSA) is 416 Å². The number of hydrogen-bond donors (Lipinski definition) is 8. The van der Waals surface area contributed by atoms with Crippen molar-refractivity contribution < 1.29 is 55.5 Å². The van der Waals surface area contributed by atoms with Gasteiger partial charge in [-0.15, -0.1) is 0 Å². The third-order valence-corrected chi connectivity index (χ3v) is 46.8. The van der Waals surface area contributed by atoms with E-state index >= 15 is 9.59 Å². The smallest absolute Gasteiger partial charge is 0.330 e. The SMILES string of the molecule is CC(C)(C)[Si](C)(C)O[C@@H]1[C@H](CC(=O)NC[C@H]2O[C@@H](n3ccc(=O)[nH]c3=O)[C@H](O[Si](C)(C)C(C)(C)C)[C@@H]2CC(=O)NC[C@H]2O[C@@H](n3ccc(=O)[nH]c3=O)[C@H](O[Si](C)(C)C(C)(C)C)[C@@H]2CC(=O)NC[C@H]2O[C@@H](n3ccc(=O)[nH]c3=O)[C@H](O[Si](C)(C)C(C)(C)C)[C@@H]2O[Si](C)(C)C(C)(C)C)[C@@H](CN)O[C@H]1n1ccc(=O)[nH]c1=O. The van der Waals surface area contributed by atoms with Crippen LogP contribution >= 0.6 is 0 Å². The Morgan fingerprint density at radius 3 is 0.817 bits per heavy atom. The fourth-order valence-electron chi connectivity index (χ4n) is 12.8. The lowest BCUT2D eigenvalue weighted by Crippen LogP contribution is -2.55. The van der Waals surface area contributed by atoms with Crippen molar-refractivity contribution >= 4 is 59.3 Å². The van der Waals surface area contributed by atoms with E-state index in [9.17, 15) is 43.2 Å². The van der Waals surface area contributed by atoms with Crippen LogP contribution in [0.3, 0.4) is 0 Å². The summed E-state index contributed by atoms with van der Waals surface area (Å²) in [4.78, 5) is 160. The lowest BCUT2D eigenvalue weighted by molar-refractivity contribution is -0.124. The predicted octanol–water partition coefficient (Wildman–Crippen LogP) is 6.06. The van der Waals surface area contributed by atoms with Crippen molar-refractivity contribution in [2.24, 2.45) is 23.5 Å². The summed E-state index contributed by atoms with van der Waals surface area (Å²) < 4.78 is 68.1. The fourth-order valence-corrected chi connectivity index (χ4v) is 19.4. The van der Waals surface area contributed by atoms with Gasteiger partial charge in [-0.1, -0.05) is 104 Å². The van der Waals surface area contributed by atoms with E-state index in [0.717, 1.165) is 6.07 Å². The molecule has 610 valence electrons. The summed E-state index contributed by atoms with van der Waals surface area (Å²) >= 11 is 0. The average molecular weight is 1620 g/mol. The number of carbonyl (C=O) groups is 3. The summed E-state index contributed by atoms with van der Waals surface area (Å²) in [6, 6.07) is 4.74. The van der Waals surface area contributed by atoms with E-state index in [4.69, 9.17) is 46.8 Å². The third kappa shape index (κ3) is 20.1. The number of nitrogens with one attached hydrogen (secondary N) is 7. The van der Waals surface area contributed by atoms with Gasteiger partial charge in [0.25, 0.3) is 22.2 Å². The molecule has 4 aliphatic rings. The number of nitrogens with zero attached hydrogens (tertiary/aromatic N) is 4. The van der Waals surface area contributed by atoms with Gasteiger partial charge in [0.05, 0.1) is 36.6 Å². The van der Waals surface area contributed by atoms with Gasteiger partial charge in [-0.2, -0.15) is 0 Å². The van der Waals surface area contributed by atoms with E-state index in [-0.39, 0.29) is 60.6 Å². The first-order chi connectivity index (χ1) is 49.9. The van der Waals surface area contributed by atoms with Gasteiger partial charge in [0.1, 0.15) is 18.3 Å². The van der Waals surface area contributed by atoms with Crippen molar-refractivity contribution in [1.29, 1.82) is 0 Å². The van der Waals surface area contributed by atoms with Crippen LogP contribution in [0.5, 0.6) is 0 Å². The maximum Gasteiger partial charge on any atom is 0.330 e. The molecule has 4 aromatic heterocycles. The molecular weight excluding hydrogens is 1490 g/mol. The van der Waals surface area contributed by atoms with Crippen molar-refractivity contribution in [3.05, 3.63) is 132 Å². The molecule has 32 nitrogen and oxygen atoms in total. The molecule has 4 saturated heterocycles. The van der Waals surface area contributed by atoms with Gasteiger partial charge in [-0.3, -0.25) is 71.8 Å². The molecule has 9 N–H and O–H groups in total. The van der Waals surface area contributed by atoms with Crippen LogP contribution < -0.4 is 66.7 Å². The Kier molecular flexibility index (Phi) is 26.5. The second kappa shape index (κ2) is 32.7. The van der Waals surface area contributed by atoms with Gasteiger partial charge < -0.3 is 62.8 Å². The van der Waals surface area contributed by atoms with Crippen LogP contribution in [-0.4, -0.2) is 179 Å². The zero-order valence-electron chi connectivity index (χ0n) is 68.3. The van der Waals surface area contributed by atoms with Gasteiger partial charge in [-0.05, 0) is 90.7 Å². The molecule has 0 aromatic carbocycles. The van der Waals surface area contributed by atoms with Crippen LogP contribution in [0, 0.1) is 17.8 Å². The molecule has 8 rings (SSSR count). The first-order valence-electron chi connectivity index (χ1n) is 37.7. The van der Waals surface area contributed by atoms with Crippen LogP contribution in [0.25, 0.3) is 0 Å². The lowest BCUT2D eigenvalue weighted by Gasteiger charge is -2.44. The van der Waals surface area contributed by atoms with Crippen LogP contribution in [0.2, 0.25) is 90.7 Å². The van der Waals surface area contributed by atoms with Crippen LogP contribution in [0.4, 0.5) is 0 Å². The highest BCUT2D eigenvalue weighted by Gasteiger charge is 2.58. The summed E-state index contributed by atoms with van der Waals surface area (Å²) in [5.41, 5.74) is 0.692. The van der Waals surface area contributed by atoms with Gasteiger partial charge in [-0.25, -0.2) is 19.2 Å². The van der Waals surface area contributed by atoms with Crippen molar-refractivity contribution in [1.82, 2.24) is 54.2 Å². The van der Waals surface area contributed by atoms with Crippen molar-refractivity contribution in [3.8, 4) is 0 Å². The molecule has 4 aliphatic heterocycles. The van der Waals surface area contributed by atoms with Crippen LogP contribution in [-0.2, 0) is 55.5 Å². The minimum Gasteiger partial charge on any atom is -0.409 e. The summed E-state index contributed by atoms with van der Waals surface area (Å²) in [6.07, 6.45) is -9.23. The Morgan fingerprint density at radius 2 is 0.569 bits per heavy atom. The molecule has 0 spiro atoms. The molecule has 16 atom stereocenters. The largest absolute Gasteiger partial charge is 0.409 e. The van der Waals surface area contributed by atoms with Gasteiger partial charge in [0.15, 0.2) is 66.5 Å². The van der Waals surface area contributed by atoms with Crippen LogP contribution in [0.15, 0.2) is 87.4 Å². The summed E-state index contributed by atoms with van der Waals surface area (Å²) in [5.74, 6) is -4.26. The quantitative estimate of drug-likeness (QED) is 0.0315. The van der Waals surface area contributed by atoms with Crippen LogP contribution in [0.1, 0.15) is 148 Å². The van der Waals surface area contributed by atoms with Crippen molar-refractivity contribution in [3.63, 3.8) is 0 Å². The second-order valence-corrected chi connectivity index (χ2v) is 61.1. The first-order valence-corrected chi connectivity index (χ1v) is 52.2. The first kappa shape index (κ1) is 88.4. The van der Waals surface area contributed by atoms with Gasteiger partial charge >= 0.3 is 22.8 Å². The third-order valence-electron chi connectivity index (χ3n) is 24.5. The highest BCUT2D eigenvalue weighted by molar-refractivity contribution is 6.76. The van der Waals surface area contributed by atoms with E-state index in [0.29, 0.717) is 0 Å². The Balaban J connectivity index is 1.15. The summed E-state index contributed by atoms with van der Waals surface area (Å²) in [6.45, 7) is 50.4. The standard InChI is InChI=1S/C72H122N12O20Si5/c1-68(2,3)105(16,17)100-55-41(44(37-73)96-60(55)81-30-26-48(85)77-64(81)92)34-52(89)74-38-45-42(56(101-106(18,19)69(4,5)6)61(97-45)82-31-27-49(86)78-65(82)93)35-53(90)75-39-46-43(57(102-107(20,21)70(7,8)9)62(98-46)83-32-28-50(87)79-66(83)94)36-54(91)76-40-47-58(103-108(22,23)71(10,11)12)59(104-109(24,25)72(13,14)15)63(99-47)84-33-29-51(88)80-67(84)95/h26-33,41-47,55-63H,34-40,73H2,1-25H3,(H,74,89)(H,75,90)(H,76,91)(H,77,85,92)(H,78,86,93)(H,79,87,94)(H,80,88,95)/t41-,42-,43-,44-,45-,46-,47-,55-,56-,57-,58-,59-,60-,61-,62-,63-/m1/s1. The lowest BCUT2D eigenvalue weighted by atomic mass is 9.92. The maximum atomic E-state index is 15.4. The normalized spacial score (nSPS) is 27.0. The number of aromatic nitrogens is 8. The Bertz CT molecular complexity index is 4420. The second-order valence-electron chi connectivity index (χ2n) is 37.3. The van der Waals surface area contributed by atoms with Gasteiger partial charge in [0, 0.05) is 112 Å². The van der Waals surface area contributed by atoms with E-state index < -0.39 is 212 Å². The zero-order valence-corrected chi connectivity index (χ0v) is 73.3. The Morgan fingerprint density at radius 1 is 0.358 bits per heavy atom. The molecule has 37 heteroatoms. The highest BCUT2D eigenvalue weighted by atomic mass is 28.4. The summed E-state index contributed by atoms with van der Waals surface area (Å²) in [7, 11) is -14.0. The number of rotatable bonds is 27. The number of amides is 3. The zero-order chi connectivity index (χ0) is 81.8. The molecule has 0 bridgehead atoms. The molecule has 4 fully saturated rings. The fraction of sp³-hybridized carbons (Fsp3) is 0.736. The highest BCUT2D eigenvalue weighted by Crippen LogP contribution is 2.50. The molecular formula is C72H122N12O20Si5. The Labute approximate surface area is 641 Å². The number of hydrogen-bond acceptors (Lipinski definition) is 21. The minimum atomic E-state index is -2.92. The molecule has 0 unspecified atom stereocenters. The molecule has 3 amide bonds. The molecule has 0 aliphatic carbocycles.